The molecule has 3 unspecified atom stereocenters. The largest absolute Gasteiger partial charge is 0.397 e. The minimum Gasteiger partial charge on any atom is -0.397 e. The Balaban J connectivity index is 2.35. The number of para-hydroxylation sites is 1. The second-order valence-electron chi connectivity index (χ2n) is 5.92. The van der Waals surface area contributed by atoms with Crippen molar-refractivity contribution < 1.29 is 8.42 Å². The van der Waals surface area contributed by atoms with Crippen molar-refractivity contribution in [2.24, 2.45) is 11.8 Å². The topological polar surface area (TPSA) is 60.2 Å². The van der Waals surface area contributed by atoms with Gasteiger partial charge in [0.05, 0.1) is 15.8 Å². The van der Waals surface area contributed by atoms with Gasteiger partial charge in [-0.05, 0) is 49.7 Å². The van der Waals surface area contributed by atoms with E-state index in [1.807, 2.05) is 13.0 Å². The maximum Gasteiger partial charge on any atom is 0.183 e. The van der Waals surface area contributed by atoms with E-state index in [0.29, 0.717) is 22.4 Å². The molecule has 1 aromatic rings. The average molecular weight is 281 g/mol. The normalized spacial score (nSPS) is 28.3. The minimum absolute atomic E-state index is 0.275. The highest BCUT2D eigenvalue weighted by molar-refractivity contribution is 7.92. The number of anilines is 1. The van der Waals surface area contributed by atoms with Gasteiger partial charge in [0.1, 0.15) is 0 Å². The van der Waals surface area contributed by atoms with Gasteiger partial charge in [0.2, 0.25) is 0 Å². The second kappa shape index (κ2) is 5.16. The zero-order valence-electron chi connectivity index (χ0n) is 11.9. The fourth-order valence-electron chi connectivity index (χ4n) is 2.86. The van der Waals surface area contributed by atoms with E-state index in [9.17, 15) is 8.42 Å². The maximum absolute atomic E-state index is 12.7. The Bertz CT molecular complexity index is 566. The molecule has 1 aromatic carbocycles. The first-order chi connectivity index (χ1) is 8.84. The van der Waals surface area contributed by atoms with Crippen LogP contribution in [0.15, 0.2) is 23.1 Å². The van der Waals surface area contributed by atoms with Crippen molar-refractivity contribution in [2.75, 3.05) is 5.73 Å². The summed E-state index contributed by atoms with van der Waals surface area (Å²) in [5.41, 5.74) is 7.20. The van der Waals surface area contributed by atoms with Gasteiger partial charge in [-0.15, -0.1) is 0 Å². The zero-order valence-corrected chi connectivity index (χ0v) is 12.7. The monoisotopic (exact) mass is 281 g/mol. The lowest BCUT2D eigenvalue weighted by molar-refractivity contribution is 0.278. The summed E-state index contributed by atoms with van der Waals surface area (Å²) < 4.78 is 25.5. The molecule has 0 spiro atoms. The molecule has 0 radical (unpaired) electrons. The number of hydrogen-bond acceptors (Lipinski definition) is 3. The van der Waals surface area contributed by atoms with Gasteiger partial charge in [-0.1, -0.05) is 26.0 Å². The SMILES string of the molecule is Cc1cccc(S(=O)(=O)C2CCC(C)C(C)C2)c1N. The Morgan fingerprint density at radius 3 is 2.47 bits per heavy atom. The predicted octanol–water partition coefficient (Wildman–Crippen LogP) is 3.18. The zero-order chi connectivity index (χ0) is 14.2. The molecule has 0 amide bonds. The van der Waals surface area contributed by atoms with Crippen LogP contribution in [0.4, 0.5) is 5.69 Å². The van der Waals surface area contributed by atoms with E-state index in [2.05, 4.69) is 13.8 Å². The van der Waals surface area contributed by atoms with Gasteiger partial charge in [0.15, 0.2) is 9.84 Å². The first kappa shape index (κ1) is 14.4. The second-order valence-corrected chi connectivity index (χ2v) is 8.12. The molecular formula is C15H23NO2S. The lowest BCUT2D eigenvalue weighted by atomic mass is 9.81. The number of rotatable bonds is 2. The summed E-state index contributed by atoms with van der Waals surface area (Å²) in [6, 6.07) is 5.26. The molecule has 1 aliphatic rings. The molecule has 1 fully saturated rings. The first-order valence-corrected chi connectivity index (χ1v) is 8.47. The van der Waals surface area contributed by atoms with Gasteiger partial charge in [-0.25, -0.2) is 8.42 Å². The molecule has 1 saturated carbocycles. The van der Waals surface area contributed by atoms with E-state index in [4.69, 9.17) is 5.73 Å². The summed E-state index contributed by atoms with van der Waals surface area (Å²) in [6.07, 6.45) is 2.48. The van der Waals surface area contributed by atoms with Crippen molar-refractivity contribution in [1.82, 2.24) is 0 Å². The third-order valence-corrected chi connectivity index (χ3v) is 6.85. The molecular weight excluding hydrogens is 258 g/mol. The van der Waals surface area contributed by atoms with E-state index in [1.54, 1.807) is 12.1 Å². The van der Waals surface area contributed by atoms with Crippen LogP contribution < -0.4 is 5.73 Å². The van der Waals surface area contributed by atoms with Crippen molar-refractivity contribution in [3.05, 3.63) is 23.8 Å². The van der Waals surface area contributed by atoms with E-state index in [1.165, 1.54) is 0 Å². The van der Waals surface area contributed by atoms with Crippen LogP contribution in [0.2, 0.25) is 0 Å². The van der Waals surface area contributed by atoms with Crippen LogP contribution >= 0.6 is 0 Å². The Labute approximate surface area is 116 Å². The van der Waals surface area contributed by atoms with Crippen LogP contribution in [-0.2, 0) is 9.84 Å². The Hall–Kier alpha value is -1.03. The van der Waals surface area contributed by atoms with E-state index < -0.39 is 9.84 Å². The number of aryl methyl sites for hydroxylation is 1. The molecule has 2 N–H and O–H groups in total. The number of nitrogens with two attached hydrogens (primary N) is 1. The van der Waals surface area contributed by atoms with Crippen LogP contribution in [0.1, 0.15) is 38.7 Å². The van der Waals surface area contributed by atoms with Crippen molar-refractivity contribution in [3.63, 3.8) is 0 Å². The average Bonchev–Trinajstić information content (AvgIpc) is 2.35. The molecule has 3 nitrogen and oxygen atoms in total. The predicted molar refractivity (Wildman–Crippen MR) is 78.7 cm³/mol. The van der Waals surface area contributed by atoms with Crippen LogP contribution in [0.3, 0.4) is 0 Å². The molecule has 0 aromatic heterocycles. The van der Waals surface area contributed by atoms with E-state index >= 15 is 0 Å². The van der Waals surface area contributed by atoms with Gasteiger partial charge in [-0.3, -0.25) is 0 Å². The molecule has 2 rings (SSSR count). The van der Waals surface area contributed by atoms with Crippen molar-refractivity contribution in [3.8, 4) is 0 Å². The molecule has 1 aliphatic carbocycles. The first-order valence-electron chi connectivity index (χ1n) is 6.93. The van der Waals surface area contributed by atoms with Gasteiger partial charge in [0, 0.05) is 0 Å². The van der Waals surface area contributed by atoms with Gasteiger partial charge >= 0.3 is 0 Å². The number of hydrogen-bond donors (Lipinski definition) is 1. The summed E-state index contributed by atoms with van der Waals surface area (Å²) in [4.78, 5) is 0.319. The van der Waals surface area contributed by atoms with E-state index in [-0.39, 0.29) is 5.25 Å². The Kier molecular flexibility index (Phi) is 3.90. The molecule has 19 heavy (non-hydrogen) atoms. The lowest BCUT2D eigenvalue weighted by Crippen LogP contribution is -2.31. The number of nitrogen functional groups attached to an aromatic ring is 1. The molecule has 106 valence electrons. The van der Waals surface area contributed by atoms with Gasteiger partial charge in [-0.2, -0.15) is 0 Å². The van der Waals surface area contributed by atoms with Crippen LogP contribution in [0, 0.1) is 18.8 Å². The summed E-state index contributed by atoms with van der Waals surface area (Å²) in [5, 5.41) is -0.275. The molecule has 0 heterocycles. The van der Waals surface area contributed by atoms with Crippen LogP contribution in [0.25, 0.3) is 0 Å². The lowest BCUT2D eigenvalue weighted by Gasteiger charge is -2.32. The summed E-state index contributed by atoms with van der Waals surface area (Å²) >= 11 is 0. The third kappa shape index (κ3) is 2.64. The fraction of sp³-hybridized carbons (Fsp3) is 0.600. The van der Waals surface area contributed by atoms with E-state index in [0.717, 1.165) is 24.8 Å². The molecule has 0 aliphatic heterocycles. The maximum atomic E-state index is 12.7. The van der Waals surface area contributed by atoms with Crippen molar-refractivity contribution in [2.45, 2.75) is 50.2 Å². The number of sulfone groups is 1. The van der Waals surface area contributed by atoms with Gasteiger partial charge < -0.3 is 5.73 Å². The highest BCUT2D eigenvalue weighted by Crippen LogP contribution is 2.37. The van der Waals surface area contributed by atoms with Gasteiger partial charge in [0.25, 0.3) is 0 Å². The minimum atomic E-state index is -3.30. The molecule has 3 atom stereocenters. The fourth-order valence-corrected chi connectivity index (χ4v) is 4.96. The third-order valence-electron chi connectivity index (χ3n) is 4.58. The highest BCUT2D eigenvalue weighted by atomic mass is 32.2. The smallest absolute Gasteiger partial charge is 0.183 e. The molecule has 0 saturated heterocycles. The highest BCUT2D eigenvalue weighted by Gasteiger charge is 2.35. The molecule has 4 heteroatoms. The van der Waals surface area contributed by atoms with Crippen LogP contribution in [-0.4, -0.2) is 13.7 Å². The Morgan fingerprint density at radius 2 is 1.84 bits per heavy atom. The van der Waals surface area contributed by atoms with Crippen molar-refractivity contribution in [1.29, 1.82) is 0 Å². The summed E-state index contributed by atoms with van der Waals surface area (Å²) in [6.45, 7) is 6.19. The Morgan fingerprint density at radius 1 is 1.16 bits per heavy atom. The quantitative estimate of drug-likeness (QED) is 0.847. The number of benzene rings is 1. The summed E-state index contributed by atoms with van der Waals surface area (Å²) in [5.74, 6) is 1.07. The molecule has 0 bridgehead atoms. The van der Waals surface area contributed by atoms with Crippen molar-refractivity contribution >= 4 is 15.5 Å². The van der Waals surface area contributed by atoms with Crippen LogP contribution in [0.5, 0.6) is 0 Å². The summed E-state index contributed by atoms with van der Waals surface area (Å²) in [7, 11) is -3.30. The standard InChI is InChI=1S/C15H23NO2S/c1-10-7-8-13(9-12(10)3)19(17,18)14-6-4-5-11(2)15(14)16/h4-6,10,12-13H,7-9,16H2,1-3H3.